The predicted molar refractivity (Wildman–Crippen MR) is 126 cm³/mol. The highest BCUT2D eigenvalue weighted by atomic mass is 32.2. The Morgan fingerprint density at radius 3 is 2.13 bits per heavy atom. The summed E-state index contributed by atoms with van der Waals surface area (Å²) in [6, 6.07) is 11.8. The lowest BCUT2D eigenvalue weighted by Crippen LogP contribution is -2.48. The number of methoxy groups -OCH3 is 1. The zero-order valence-corrected chi connectivity index (χ0v) is 20.3. The largest absolute Gasteiger partial charge is 0.497 e. The molecule has 2 unspecified atom stereocenters. The lowest BCUT2D eigenvalue weighted by Gasteiger charge is -2.30. The van der Waals surface area contributed by atoms with Crippen molar-refractivity contribution in [1.82, 2.24) is 5.32 Å². The second-order valence-corrected chi connectivity index (χ2v) is 10.3. The van der Waals surface area contributed by atoms with Crippen LogP contribution < -0.4 is 14.4 Å². The second-order valence-electron chi connectivity index (χ2n) is 8.47. The van der Waals surface area contributed by atoms with Crippen LogP contribution in [-0.4, -0.2) is 33.7 Å². The van der Waals surface area contributed by atoms with Gasteiger partial charge in [0.05, 0.1) is 25.1 Å². The molecule has 0 spiro atoms. The molecule has 0 heterocycles. The Bertz CT molecular complexity index is 1000. The lowest BCUT2D eigenvalue weighted by atomic mass is 9.96. The van der Waals surface area contributed by atoms with Crippen LogP contribution in [0.4, 0.5) is 5.69 Å². The quantitative estimate of drug-likeness (QED) is 0.621. The molecule has 1 amide bonds. The SMILES string of the molecule is COc1ccc(C(CC(C)C)NC(=O)C(C)N(c2ccc(C)c(C)c2)S(C)(=O)=O)cc1. The zero-order valence-electron chi connectivity index (χ0n) is 19.5. The highest BCUT2D eigenvalue weighted by Crippen LogP contribution is 2.26. The molecule has 0 saturated carbocycles. The maximum absolute atomic E-state index is 13.2. The topological polar surface area (TPSA) is 75.7 Å². The van der Waals surface area contributed by atoms with E-state index < -0.39 is 16.1 Å². The van der Waals surface area contributed by atoms with E-state index in [4.69, 9.17) is 4.74 Å². The number of amides is 1. The van der Waals surface area contributed by atoms with Crippen LogP contribution in [0.3, 0.4) is 0 Å². The van der Waals surface area contributed by atoms with Crippen LogP contribution >= 0.6 is 0 Å². The first-order valence-corrected chi connectivity index (χ1v) is 12.3. The maximum Gasteiger partial charge on any atom is 0.244 e. The predicted octanol–water partition coefficient (Wildman–Crippen LogP) is 4.37. The number of benzene rings is 2. The second kappa shape index (κ2) is 10.2. The van der Waals surface area contributed by atoms with Crippen molar-refractivity contribution in [3.63, 3.8) is 0 Å². The third kappa shape index (κ3) is 6.47. The van der Waals surface area contributed by atoms with E-state index in [9.17, 15) is 13.2 Å². The van der Waals surface area contributed by atoms with Crippen molar-refractivity contribution in [1.29, 1.82) is 0 Å². The van der Waals surface area contributed by atoms with Crippen molar-refractivity contribution in [2.45, 2.75) is 53.1 Å². The molecule has 6 nitrogen and oxygen atoms in total. The van der Waals surface area contributed by atoms with Crippen LogP contribution in [0.25, 0.3) is 0 Å². The summed E-state index contributed by atoms with van der Waals surface area (Å²) in [5.74, 6) is 0.739. The number of carbonyl (C=O) groups is 1. The van der Waals surface area contributed by atoms with Gasteiger partial charge >= 0.3 is 0 Å². The average molecular weight is 447 g/mol. The molecule has 0 aliphatic rings. The van der Waals surface area contributed by atoms with Gasteiger partial charge in [-0.1, -0.05) is 32.0 Å². The number of rotatable bonds is 9. The van der Waals surface area contributed by atoms with Gasteiger partial charge in [-0.3, -0.25) is 9.10 Å². The number of nitrogens with zero attached hydrogens (tertiary/aromatic N) is 1. The Labute approximate surface area is 186 Å². The number of carbonyl (C=O) groups excluding carboxylic acids is 1. The first kappa shape index (κ1) is 24.7. The molecule has 2 aromatic carbocycles. The molecule has 2 atom stereocenters. The van der Waals surface area contributed by atoms with Gasteiger partial charge in [0.25, 0.3) is 0 Å². The van der Waals surface area contributed by atoms with Crippen molar-refractivity contribution in [2.24, 2.45) is 5.92 Å². The summed E-state index contributed by atoms with van der Waals surface area (Å²) < 4.78 is 31.6. The molecule has 0 bridgehead atoms. The summed E-state index contributed by atoms with van der Waals surface area (Å²) >= 11 is 0. The van der Waals surface area contributed by atoms with E-state index in [-0.39, 0.29) is 11.9 Å². The number of sulfonamides is 1. The molecule has 2 rings (SSSR count). The molecular formula is C24H34N2O4S. The molecule has 0 fully saturated rings. The standard InChI is InChI=1S/C24H34N2O4S/c1-16(2)14-23(20-9-12-22(30-6)13-10-20)25-24(27)19(5)26(31(7,28)29)21-11-8-17(3)18(4)15-21/h8-13,15-16,19,23H,14H2,1-7H3,(H,25,27). The molecule has 31 heavy (non-hydrogen) atoms. The van der Waals surface area contributed by atoms with Gasteiger partial charge in [0.15, 0.2) is 0 Å². The Kier molecular flexibility index (Phi) is 8.12. The molecule has 0 aromatic heterocycles. The first-order valence-electron chi connectivity index (χ1n) is 10.4. The number of nitrogens with one attached hydrogen (secondary N) is 1. The first-order chi connectivity index (χ1) is 14.4. The van der Waals surface area contributed by atoms with Gasteiger partial charge in [0.1, 0.15) is 11.8 Å². The van der Waals surface area contributed by atoms with E-state index >= 15 is 0 Å². The van der Waals surface area contributed by atoms with Gasteiger partial charge in [0, 0.05) is 0 Å². The highest BCUT2D eigenvalue weighted by molar-refractivity contribution is 7.92. The highest BCUT2D eigenvalue weighted by Gasteiger charge is 2.31. The number of ether oxygens (including phenoxy) is 1. The number of anilines is 1. The molecule has 0 radical (unpaired) electrons. The van der Waals surface area contributed by atoms with Crippen molar-refractivity contribution >= 4 is 21.6 Å². The zero-order chi connectivity index (χ0) is 23.3. The minimum absolute atomic E-state index is 0.234. The van der Waals surface area contributed by atoms with Gasteiger partial charge in [-0.25, -0.2) is 8.42 Å². The molecule has 1 N–H and O–H groups in total. The molecular weight excluding hydrogens is 412 g/mol. The van der Waals surface area contributed by atoms with Crippen LogP contribution in [0.5, 0.6) is 5.75 Å². The van der Waals surface area contributed by atoms with E-state index in [2.05, 4.69) is 19.2 Å². The van der Waals surface area contributed by atoms with Crippen molar-refractivity contribution < 1.29 is 17.9 Å². The number of aryl methyl sites for hydroxylation is 2. The van der Waals surface area contributed by atoms with Crippen molar-refractivity contribution in [3.05, 3.63) is 59.2 Å². The molecule has 170 valence electrons. The van der Waals surface area contributed by atoms with Gasteiger partial charge < -0.3 is 10.1 Å². The smallest absolute Gasteiger partial charge is 0.244 e. The average Bonchev–Trinajstić information content (AvgIpc) is 2.69. The molecule has 0 aliphatic carbocycles. The normalized spacial score (nSPS) is 13.5. The minimum Gasteiger partial charge on any atom is -0.497 e. The van der Waals surface area contributed by atoms with Crippen LogP contribution in [-0.2, 0) is 14.8 Å². The fourth-order valence-electron chi connectivity index (χ4n) is 3.55. The Hall–Kier alpha value is -2.54. The third-order valence-corrected chi connectivity index (χ3v) is 6.62. The van der Waals surface area contributed by atoms with Crippen molar-refractivity contribution in [2.75, 3.05) is 17.7 Å². The third-order valence-electron chi connectivity index (χ3n) is 5.38. The fraction of sp³-hybridized carbons (Fsp3) is 0.458. The number of hydrogen-bond donors (Lipinski definition) is 1. The molecule has 0 aliphatic heterocycles. The minimum atomic E-state index is -3.67. The van der Waals surface area contributed by atoms with E-state index in [1.165, 1.54) is 4.31 Å². The van der Waals surface area contributed by atoms with Gasteiger partial charge in [-0.05, 0) is 74.1 Å². The van der Waals surface area contributed by atoms with Gasteiger partial charge in [-0.15, -0.1) is 0 Å². The van der Waals surface area contributed by atoms with E-state index in [0.717, 1.165) is 35.1 Å². The molecule has 2 aromatic rings. The van der Waals surface area contributed by atoms with Gasteiger partial charge in [0.2, 0.25) is 15.9 Å². The van der Waals surface area contributed by atoms with Crippen LogP contribution in [0, 0.1) is 19.8 Å². The summed E-state index contributed by atoms with van der Waals surface area (Å²) in [6.45, 7) is 9.68. The van der Waals surface area contributed by atoms with Crippen LogP contribution in [0.15, 0.2) is 42.5 Å². The summed E-state index contributed by atoms with van der Waals surface area (Å²) in [5.41, 5.74) is 3.46. The van der Waals surface area contributed by atoms with E-state index in [0.29, 0.717) is 11.6 Å². The Morgan fingerprint density at radius 1 is 1.03 bits per heavy atom. The lowest BCUT2D eigenvalue weighted by molar-refractivity contribution is -0.122. The summed E-state index contributed by atoms with van der Waals surface area (Å²) in [4.78, 5) is 13.2. The Balaban J connectivity index is 2.33. The summed E-state index contributed by atoms with van der Waals surface area (Å²) in [6.07, 6.45) is 1.86. The van der Waals surface area contributed by atoms with Crippen molar-refractivity contribution in [3.8, 4) is 5.75 Å². The molecule has 0 saturated heterocycles. The monoisotopic (exact) mass is 446 g/mol. The maximum atomic E-state index is 13.2. The Morgan fingerprint density at radius 2 is 1.65 bits per heavy atom. The van der Waals surface area contributed by atoms with Crippen LogP contribution in [0.2, 0.25) is 0 Å². The van der Waals surface area contributed by atoms with Gasteiger partial charge in [-0.2, -0.15) is 0 Å². The number of hydrogen-bond acceptors (Lipinski definition) is 4. The molecule has 7 heteroatoms. The fourth-order valence-corrected chi connectivity index (χ4v) is 4.72. The van der Waals surface area contributed by atoms with E-state index in [1.807, 2.05) is 44.2 Å². The van der Waals surface area contributed by atoms with E-state index in [1.54, 1.807) is 26.2 Å². The van der Waals surface area contributed by atoms with Crippen LogP contribution in [0.1, 0.15) is 49.9 Å². The summed E-state index contributed by atoms with van der Waals surface area (Å²) in [7, 11) is -2.06. The summed E-state index contributed by atoms with van der Waals surface area (Å²) in [5, 5.41) is 3.06.